The van der Waals surface area contributed by atoms with Gasteiger partial charge >= 0.3 is 0 Å². The molecular weight excluding hydrogens is 444 g/mol. The highest BCUT2D eigenvalue weighted by atomic mass is 32.2. The number of sulfonamides is 1. The Kier molecular flexibility index (Phi) is 6.92. The first-order chi connectivity index (χ1) is 15.3. The lowest BCUT2D eigenvalue weighted by atomic mass is 9.95. The summed E-state index contributed by atoms with van der Waals surface area (Å²) in [6.45, 7) is 5.00. The second-order valence-electron chi connectivity index (χ2n) is 8.60. The third-order valence-corrected chi connectivity index (χ3v) is 8.88. The average Bonchev–Trinajstić information content (AvgIpc) is 3.32. The standard InChI is InChI=1S/C22H32N6O2S2/c1-5-13-27-20-12-11-18(32(29,30)26(3)4)14-19(20)23-21(27)15-31-22-25-24-16(2)28(22)17-9-7-6-8-10-17/h11-12,14,17H,5-10,13,15H2,1-4H3. The molecule has 0 N–H and O–H groups in total. The molecule has 1 aliphatic rings. The molecule has 0 aliphatic heterocycles. The number of fused-ring (bicyclic) bond motifs is 1. The van der Waals surface area contributed by atoms with E-state index in [4.69, 9.17) is 4.98 Å². The van der Waals surface area contributed by atoms with Gasteiger partial charge in [-0.2, -0.15) is 0 Å². The fraction of sp³-hybridized carbons (Fsp3) is 0.591. The Morgan fingerprint density at radius 1 is 1.16 bits per heavy atom. The van der Waals surface area contributed by atoms with E-state index in [2.05, 4.69) is 26.3 Å². The molecule has 1 saturated carbocycles. The van der Waals surface area contributed by atoms with Crippen LogP contribution in [0, 0.1) is 6.92 Å². The molecular formula is C22H32N6O2S2. The van der Waals surface area contributed by atoms with Gasteiger partial charge in [0.25, 0.3) is 0 Å². The van der Waals surface area contributed by atoms with Crippen molar-refractivity contribution in [2.45, 2.75) is 80.8 Å². The maximum absolute atomic E-state index is 12.6. The lowest BCUT2D eigenvalue weighted by Gasteiger charge is -2.25. The number of aryl methyl sites for hydroxylation is 2. The lowest BCUT2D eigenvalue weighted by molar-refractivity contribution is 0.332. The fourth-order valence-corrected chi connectivity index (χ4v) is 6.37. The van der Waals surface area contributed by atoms with E-state index < -0.39 is 10.0 Å². The normalized spacial score (nSPS) is 15.8. The Balaban J connectivity index is 1.64. The molecule has 0 atom stereocenters. The van der Waals surface area contributed by atoms with Crippen LogP contribution in [0.3, 0.4) is 0 Å². The number of hydrogen-bond donors (Lipinski definition) is 0. The highest BCUT2D eigenvalue weighted by molar-refractivity contribution is 7.98. The molecule has 0 radical (unpaired) electrons. The van der Waals surface area contributed by atoms with Crippen LogP contribution in [0.2, 0.25) is 0 Å². The van der Waals surface area contributed by atoms with E-state index in [-0.39, 0.29) is 4.90 Å². The highest BCUT2D eigenvalue weighted by Gasteiger charge is 2.23. The van der Waals surface area contributed by atoms with E-state index >= 15 is 0 Å². The van der Waals surface area contributed by atoms with E-state index in [9.17, 15) is 8.42 Å². The van der Waals surface area contributed by atoms with Gasteiger partial charge in [-0.15, -0.1) is 10.2 Å². The van der Waals surface area contributed by atoms with E-state index in [1.165, 1.54) is 36.4 Å². The molecule has 0 unspecified atom stereocenters. The SMILES string of the molecule is CCCn1c(CSc2nnc(C)n2C2CCCCC2)nc2cc(S(=O)(=O)N(C)C)ccc21. The van der Waals surface area contributed by atoms with Crippen LogP contribution < -0.4 is 0 Å². The second-order valence-corrected chi connectivity index (χ2v) is 11.7. The van der Waals surface area contributed by atoms with Crippen LogP contribution >= 0.6 is 11.8 Å². The highest BCUT2D eigenvalue weighted by Crippen LogP contribution is 2.34. The number of benzene rings is 1. The quantitative estimate of drug-likeness (QED) is 0.448. The Morgan fingerprint density at radius 2 is 1.91 bits per heavy atom. The Hall–Kier alpha value is -1.91. The number of aromatic nitrogens is 5. The van der Waals surface area contributed by atoms with Crippen LogP contribution in [0.4, 0.5) is 0 Å². The van der Waals surface area contributed by atoms with Crippen LogP contribution in [0.5, 0.6) is 0 Å². The third-order valence-electron chi connectivity index (χ3n) is 6.13. The predicted molar refractivity (Wildman–Crippen MR) is 127 cm³/mol. The molecule has 32 heavy (non-hydrogen) atoms. The monoisotopic (exact) mass is 476 g/mol. The zero-order chi connectivity index (χ0) is 22.9. The second kappa shape index (κ2) is 9.52. The number of thioether (sulfide) groups is 1. The zero-order valence-corrected chi connectivity index (χ0v) is 20.9. The first kappa shape index (κ1) is 23.3. The Labute approximate surface area is 194 Å². The van der Waals surface area contributed by atoms with Crippen LogP contribution in [0.25, 0.3) is 11.0 Å². The summed E-state index contributed by atoms with van der Waals surface area (Å²) in [4.78, 5) is 5.10. The van der Waals surface area contributed by atoms with Crippen molar-refractivity contribution >= 4 is 32.8 Å². The van der Waals surface area contributed by atoms with Gasteiger partial charge in [0, 0.05) is 26.7 Å². The molecule has 3 aromatic rings. The van der Waals surface area contributed by atoms with Gasteiger partial charge in [-0.25, -0.2) is 17.7 Å². The first-order valence-electron chi connectivity index (χ1n) is 11.3. The van der Waals surface area contributed by atoms with Gasteiger partial charge in [0.05, 0.1) is 21.7 Å². The number of nitrogens with zero attached hydrogens (tertiary/aromatic N) is 6. The smallest absolute Gasteiger partial charge is 0.242 e. The van der Waals surface area contributed by atoms with Gasteiger partial charge < -0.3 is 9.13 Å². The van der Waals surface area contributed by atoms with Crippen LogP contribution in [0.1, 0.15) is 63.1 Å². The van der Waals surface area contributed by atoms with E-state index in [1.807, 2.05) is 13.0 Å². The van der Waals surface area contributed by atoms with Crippen molar-refractivity contribution in [3.63, 3.8) is 0 Å². The minimum Gasteiger partial charge on any atom is -0.327 e. The molecule has 0 amide bonds. The first-order valence-corrected chi connectivity index (χ1v) is 13.7. The number of rotatable bonds is 8. The molecule has 1 aliphatic carbocycles. The molecule has 8 nitrogen and oxygen atoms in total. The zero-order valence-electron chi connectivity index (χ0n) is 19.3. The largest absolute Gasteiger partial charge is 0.327 e. The fourth-order valence-electron chi connectivity index (χ4n) is 4.45. The topological polar surface area (TPSA) is 85.9 Å². The summed E-state index contributed by atoms with van der Waals surface area (Å²) in [5.41, 5.74) is 1.67. The van der Waals surface area contributed by atoms with Gasteiger partial charge in [0.2, 0.25) is 10.0 Å². The minimum absolute atomic E-state index is 0.267. The summed E-state index contributed by atoms with van der Waals surface area (Å²) in [5, 5.41) is 9.75. The molecule has 1 aromatic carbocycles. The van der Waals surface area contributed by atoms with E-state index in [0.717, 1.165) is 35.3 Å². The van der Waals surface area contributed by atoms with Crippen molar-refractivity contribution in [1.82, 2.24) is 28.6 Å². The predicted octanol–water partition coefficient (Wildman–Crippen LogP) is 4.39. The molecule has 0 bridgehead atoms. The van der Waals surface area contributed by atoms with Crippen molar-refractivity contribution in [3.05, 3.63) is 29.8 Å². The molecule has 1 fully saturated rings. The van der Waals surface area contributed by atoms with Crippen LogP contribution in [0.15, 0.2) is 28.3 Å². The van der Waals surface area contributed by atoms with Crippen molar-refractivity contribution < 1.29 is 8.42 Å². The van der Waals surface area contributed by atoms with Gasteiger partial charge in [-0.1, -0.05) is 37.9 Å². The lowest BCUT2D eigenvalue weighted by Crippen LogP contribution is -2.22. The Morgan fingerprint density at radius 3 is 2.59 bits per heavy atom. The molecule has 0 saturated heterocycles. The third kappa shape index (κ3) is 4.45. The van der Waals surface area contributed by atoms with Crippen molar-refractivity contribution in [3.8, 4) is 0 Å². The van der Waals surface area contributed by atoms with E-state index in [0.29, 0.717) is 17.3 Å². The molecule has 2 heterocycles. The maximum atomic E-state index is 12.6. The number of hydrogen-bond acceptors (Lipinski definition) is 6. The summed E-state index contributed by atoms with van der Waals surface area (Å²) in [5.74, 6) is 2.57. The van der Waals surface area contributed by atoms with Crippen LogP contribution in [-0.4, -0.2) is 51.1 Å². The average molecular weight is 477 g/mol. The van der Waals surface area contributed by atoms with Crippen molar-refractivity contribution in [2.24, 2.45) is 0 Å². The summed E-state index contributed by atoms with van der Waals surface area (Å²) in [6, 6.07) is 5.71. The van der Waals surface area contributed by atoms with Gasteiger partial charge in [0.1, 0.15) is 11.6 Å². The molecule has 4 rings (SSSR count). The minimum atomic E-state index is -3.50. The molecule has 2 aromatic heterocycles. The molecule has 0 spiro atoms. The molecule has 10 heteroatoms. The summed E-state index contributed by atoms with van der Waals surface area (Å²) >= 11 is 1.66. The van der Waals surface area contributed by atoms with Gasteiger partial charge in [0.15, 0.2) is 5.16 Å². The molecule has 174 valence electrons. The summed E-state index contributed by atoms with van der Waals surface area (Å²) in [6.07, 6.45) is 7.17. The van der Waals surface area contributed by atoms with Crippen molar-refractivity contribution in [2.75, 3.05) is 14.1 Å². The number of imidazole rings is 1. The Bertz CT molecular complexity index is 1190. The van der Waals surface area contributed by atoms with Crippen LogP contribution in [-0.2, 0) is 22.3 Å². The van der Waals surface area contributed by atoms with E-state index in [1.54, 1.807) is 38.0 Å². The van der Waals surface area contributed by atoms with Gasteiger partial charge in [-0.3, -0.25) is 0 Å². The summed E-state index contributed by atoms with van der Waals surface area (Å²) < 4.78 is 30.9. The maximum Gasteiger partial charge on any atom is 0.242 e. The summed E-state index contributed by atoms with van der Waals surface area (Å²) in [7, 11) is -0.411. The van der Waals surface area contributed by atoms with Crippen molar-refractivity contribution in [1.29, 1.82) is 0 Å². The van der Waals surface area contributed by atoms with Gasteiger partial charge in [-0.05, 0) is 44.4 Å².